The number of hydrogen-bond donors (Lipinski definition) is 1. The Morgan fingerprint density at radius 2 is 1.71 bits per heavy atom. The van der Waals surface area contributed by atoms with Crippen molar-refractivity contribution in [3.8, 4) is 0 Å². The topological polar surface area (TPSA) is 29.5 Å². The van der Waals surface area contributed by atoms with E-state index in [0.29, 0.717) is 12.0 Å². The Labute approximate surface area is 87.7 Å². The predicted octanol–water partition coefficient (Wildman–Crippen LogP) is 2.74. The Morgan fingerprint density at radius 1 is 1.14 bits per heavy atom. The molecule has 0 atom stereocenters. The standard InChI is InChI=1S/C12H24O2/c1-4-9-14-10-12(13)7-5-11(2,3)6-8-12/h13H,4-10H2,1-3H3. The molecule has 0 unspecified atom stereocenters. The Hall–Kier alpha value is -0.0800. The zero-order chi connectivity index (χ0) is 10.7. The summed E-state index contributed by atoms with van der Waals surface area (Å²) in [5, 5.41) is 10.2. The molecule has 0 aromatic carbocycles. The first-order valence-corrected chi connectivity index (χ1v) is 5.78. The minimum Gasteiger partial charge on any atom is -0.387 e. The molecule has 0 amide bonds. The van der Waals surface area contributed by atoms with Gasteiger partial charge in [-0.25, -0.2) is 0 Å². The van der Waals surface area contributed by atoms with Crippen LogP contribution in [0.1, 0.15) is 52.9 Å². The molecule has 0 saturated heterocycles. The van der Waals surface area contributed by atoms with E-state index in [1.54, 1.807) is 0 Å². The summed E-state index contributed by atoms with van der Waals surface area (Å²) >= 11 is 0. The lowest BCUT2D eigenvalue weighted by Crippen LogP contribution is -2.40. The lowest BCUT2D eigenvalue weighted by atomic mass is 9.71. The summed E-state index contributed by atoms with van der Waals surface area (Å²) in [6, 6.07) is 0. The average Bonchev–Trinajstić information content (AvgIpc) is 2.12. The van der Waals surface area contributed by atoms with Crippen LogP contribution in [0.2, 0.25) is 0 Å². The van der Waals surface area contributed by atoms with Crippen molar-refractivity contribution in [2.24, 2.45) is 5.41 Å². The van der Waals surface area contributed by atoms with Crippen LogP contribution in [-0.4, -0.2) is 23.9 Å². The molecule has 1 rings (SSSR count). The van der Waals surface area contributed by atoms with Crippen LogP contribution in [0.3, 0.4) is 0 Å². The number of ether oxygens (including phenoxy) is 1. The summed E-state index contributed by atoms with van der Waals surface area (Å²) < 4.78 is 5.44. The third-order valence-electron chi connectivity index (χ3n) is 3.25. The van der Waals surface area contributed by atoms with Crippen LogP contribution in [0, 0.1) is 5.41 Å². The molecule has 0 heterocycles. The zero-order valence-electron chi connectivity index (χ0n) is 9.81. The van der Waals surface area contributed by atoms with Crippen molar-refractivity contribution >= 4 is 0 Å². The second kappa shape index (κ2) is 4.63. The minimum absolute atomic E-state index is 0.414. The summed E-state index contributed by atoms with van der Waals surface area (Å²) in [4.78, 5) is 0. The second-order valence-electron chi connectivity index (χ2n) is 5.44. The molecule has 0 spiro atoms. The molecular formula is C12H24O2. The first-order chi connectivity index (χ1) is 6.47. The number of hydrogen-bond acceptors (Lipinski definition) is 2. The summed E-state index contributed by atoms with van der Waals surface area (Å²) in [6.07, 6.45) is 5.03. The van der Waals surface area contributed by atoms with Crippen molar-refractivity contribution in [1.82, 2.24) is 0 Å². The lowest BCUT2D eigenvalue weighted by molar-refractivity contribution is -0.0849. The van der Waals surface area contributed by atoms with Gasteiger partial charge in [0.25, 0.3) is 0 Å². The van der Waals surface area contributed by atoms with Crippen LogP contribution in [0.4, 0.5) is 0 Å². The predicted molar refractivity (Wildman–Crippen MR) is 58.3 cm³/mol. The van der Waals surface area contributed by atoms with Crippen LogP contribution in [0.5, 0.6) is 0 Å². The highest BCUT2D eigenvalue weighted by Gasteiger charge is 2.36. The van der Waals surface area contributed by atoms with Gasteiger partial charge < -0.3 is 9.84 Å². The van der Waals surface area contributed by atoms with Crippen LogP contribution in [0.25, 0.3) is 0 Å². The fourth-order valence-corrected chi connectivity index (χ4v) is 1.94. The van der Waals surface area contributed by atoms with E-state index in [1.807, 2.05) is 0 Å². The SMILES string of the molecule is CCCOCC1(O)CCC(C)(C)CC1. The molecule has 0 aliphatic heterocycles. The molecule has 2 heteroatoms. The van der Waals surface area contributed by atoms with Gasteiger partial charge in [-0.05, 0) is 37.5 Å². The molecular weight excluding hydrogens is 176 g/mol. The molecule has 1 N–H and O–H groups in total. The van der Waals surface area contributed by atoms with E-state index >= 15 is 0 Å². The van der Waals surface area contributed by atoms with Gasteiger partial charge in [-0.1, -0.05) is 20.8 Å². The van der Waals surface area contributed by atoms with E-state index in [4.69, 9.17) is 4.74 Å². The molecule has 0 bridgehead atoms. The van der Waals surface area contributed by atoms with Crippen molar-refractivity contribution in [3.63, 3.8) is 0 Å². The first-order valence-electron chi connectivity index (χ1n) is 5.78. The minimum atomic E-state index is -0.537. The van der Waals surface area contributed by atoms with E-state index in [9.17, 15) is 5.11 Å². The molecule has 1 aliphatic rings. The molecule has 1 saturated carbocycles. The van der Waals surface area contributed by atoms with Gasteiger partial charge >= 0.3 is 0 Å². The molecule has 2 nitrogen and oxygen atoms in total. The summed E-state index contributed by atoms with van der Waals surface area (Å²) in [5.74, 6) is 0. The van der Waals surface area contributed by atoms with Gasteiger partial charge in [-0.2, -0.15) is 0 Å². The Balaban J connectivity index is 2.30. The second-order valence-corrected chi connectivity index (χ2v) is 5.44. The van der Waals surface area contributed by atoms with E-state index in [0.717, 1.165) is 38.7 Å². The maximum atomic E-state index is 10.2. The van der Waals surface area contributed by atoms with Crippen molar-refractivity contribution < 1.29 is 9.84 Å². The van der Waals surface area contributed by atoms with Crippen molar-refractivity contribution in [2.75, 3.05) is 13.2 Å². The fraction of sp³-hybridized carbons (Fsp3) is 1.00. The smallest absolute Gasteiger partial charge is 0.0880 e. The highest BCUT2D eigenvalue weighted by atomic mass is 16.5. The molecule has 0 radical (unpaired) electrons. The highest BCUT2D eigenvalue weighted by Crippen LogP contribution is 2.40. The third-order valence-corrected chi connectivity index (χ3v) is 3.25. The molecule has 1 aliphatic carbocycles. The molecule has 0 aromatic rings. The first kappa shape index (κ1) is 12.0. The maximum Gasteiger partial charge on any atom is 0.0880 e. The molecule has 84 valence electrons. The van der Waals surface area contributed by atoms with Crippen LogP contribution in [-0.2, 0) is 4.74 Å². The van der Waals surface area contributed by atoms with Gasteiger partial charge in [0.2, 0.25) is 0 Å². The van der Waals surface area contributed by atoms with Crippen molar-refractivity contribution in [2.45, 2.75) is 58.5 Å². The van der Waals surface area contributed by atoms with Crippen molar-refractivity contribution in [3.05, 3.63) is 0 Å². The van der Waals surface area contributed by atoms with E-state index in [2.05, 4.69) is 20.8 Å². The third kappa shape index (κ3) is 3.58. The monoisotopic (exact) mass is 200 g/mol. The Morgan fingerprint density at radius 3 is 2.21 bits per heavy atom. The molecule has 1 fully saturated rings. The largest absolute Gasteiger partial charge is 0.387 e. The Kier molecular flexibility index (Phi) is 3.96. The van der Waals surface area contributed by atoms with Crippen molar-refractivity contribution in [1.29, 1.82) is 0 Å². The summed E-state index contributed by atoms with van der Waals surface area (Å²) in [6.45, 7) is 7.94. The fourth-order valence-electron chi connectivity index (χ4n) is 1.94. The molecule has 14 heavy (non-hydrogen) atoms. The molecule has 0 aromatic heterocycles. The van der Waals surface area contributed by atoms with Crippen LogP contribution < -0.4 is 0 Å². The van der Waals surface area contributed by atoms with Gasteiger partial charge in [0.05, 0.1) is 12.2 Å². The quantitative estimate of drug-likeness (QED) is 0.707. The van der Waals surface area contributed by atoms with Gasteiger partial charge in [0.1, 0.15) is 0 Å². The van der Waals surface area contributed by atoms with Crippen LogP contribution in [0.15, 0.2) is 0 Å². The summed E-state index contributed by atoms with van der Waals surface area (Å²) in [7, 11) is 0. The summed E-state index contributed by atoms with van der Waals surface area (Å²) in [5.41, 5.74) is -0.123. The normalized spacial score (nSPS) is 24.9. The number of rotatable bonds is 4. The van der Waals surface area contributed by atoms with Gasteiger partial charge in [-0.3, -0.25) is 0 Å². The van der Waals surface area contributed by atoms with Gasteiger partial charge in [-0.15, -0.1) is 0 Å². The van der Waals surface area contributed by atoms with E-state index in [1.165, 1.54) is 0 Å². The van der Waals surface area contributed by atoms with Gasteiger partial charge in [0, 0.05) is 6.61 Å². The lowest BCUT2D eigenvalue weighted by Gasteiger charge is -2.39. The highest BCUT2D eigenvalue weighted by molar-refractivity contribution is 4.88. The number of aliphatic hydroxyl groups is 1. The van der Waals surface area contributed by atoms with E-state index in [-0.39, 0.29) is 0 Å². The zero-order valence-corrected chi connectivity index (χ0v) is 9.81. The van der Waals surface area contributed by atoms with Crippen LogP contribution >= 0.6 is 0 Å². The van der Waals surface area contributed by atoms with Gasteiger partial charge in [0.15, 0.2) is 0 Å². The average molecular weight is 200 g/mol. The van der Waals surface area contributed by atoms with E-state index < -0.39 is 5.60 Å². The Bertz CT molecular complexity index is 165. The maximum absolute atomic E-state index is 10.2.